The average Bonchev–Trinajstić information content (AvgIpc) is 2.54. The fourth-order valence-corrected chi connectivity index (χ4v) is 3.18. The summed E-state index contributed by atoms with van der Waals surface area (Å²) in [7, 11) is -3.81. The summed E-state index contributed by atoms with van der Waals surface area (Å²) < 4.78 is 27.2. The van der Waals surface area contributed by atoms with Gasteiger partial charge in [-0.25, -0.2) is 18.4 Å². The highest BCUT2D eigenvalue weighted by Crippen LogP contribution is 2.23. The number of carbonyl (C=O) groups is 2. The molecule has 1 aliphatic rings. The van der Waals surface area contributed by atoms with E-state index in [-0.39, 0.29) is 29.0 Å². The Morgan fingerprint density at radius 1 is 1.17 bits per heavy atom. The van der Waals surface area contributed by atoms with Crippen molar-refractivity contribution in [1.82, 2.24) is 5.32 Å². The molecule has 0 saturated heterocycles. The second-order valence-electron chi connectivity index (χ2n) is 6.17. The van der Waals surface area contributed by atoms with Gasteiger partial charge in [-0.3, -0.25) is 4.79 Å². The zero-order chi connectivity index (χ0) is 17.7. The molecule has 0 radical (unpaired) electrons. The van der Waals surface area contributed by atoms with Gasteiger partial charge in [0.1, 0.15) is 0 Å². The van der Waals surface area contributed by atoms with Crippen molar-refractivity contribution < 1.29 is 22.7 Å². The normalized spacial score (nSPS) is 21.1. The lowest BCUT2D eigenvalue weighted by atomic mass is 9.87. The minimum absolute atomic E-state index is 0.0941. The molecular formula is C16H22N2O5S. The third-order valence-corrected chi connectivity index (χ3v) is 5.06. The van der Waals surface area contributed by atoms with E-state index in [1.807, 2.05) is 0 Å². The van der Waals surface area contributed by atoms with Gasteiger partial charge in [-0.05, 0) is 55.9 Å². The van der Waals surface area contributed by atoms with E-state index in [4.69, 9.17) is 9.88 Å². The van der Waals surface area contributed by atoms with Crippen LogP contribution in [0.5, 0.6) is 0 Å². The summed E-state index contributed by atoms with van der Waals surface area (Å²) in [6.45, 7) is 1.84. The third kappa shape index (κ3) is 5.31. The molecule has 8 heteroatoms. The molecule has 1 amide bonds. The van der Waals surface area contributed by atoms with Crippen molar-refractivity contribution in [2.45, 2.75) is 43.5 Å². The van der Waals surface area contributed by atoms with Crippen LogP contribution in [0, 0.1) is 5.92 Å². The molecule has 1 aliphatic carbocycles. The summed E-state index contributed by atoms with van der Waals surface area (Å²) in [5.41, 5.74) is 0.154. The Kier molecular flexibility index (Phi) is 5.95. The summed E-state index contributed by atoms with van der Waals surface area (Å²) in [4.78, 5) is 23.6. The summed E-state index contributed by atoms with van der Waals surface area (Å²) in [5, 5.41) is 7.85. The number of hydrogen-bond donors (Lipinski definition) is 2. The summed E-state index contributed by atoms with van der Waals surface area (Å²) >= 11 is 0. The van der Waals surface area contributed by atoms with Crippen molar-refractivity contribution in [2.24, 2.45) is 11.1 Å². The topological polar surface area (TPSA) is 116 Å². The lowest BCUT2D eigenvalue weighted by molar-refractivity contribution is -0.125. The van der Waals surface area contributed by atoms with Crippen LogP contribution in [0.15, 0.2) is 29.2 Å². The first-order valence-electron chi connectivity index (χ1n) is 7.85. The number of hydrogen-bond acceptors (Lipinski definition) is 5. The molecule has 1 aromatic rings. The highest BCUT2D eigenvalue weighted by molar-refractivity contribution is 7.89. The van der Waals surface area contributed by atoms with Gasteiger partial charge < -0.3 is 10.1 Å². The molecule has 0 heterocycles. The van der Waals surface area contributed by atoms with E-state index in [0.29, 0.717) is 5.92 Å². The Morgan fingerprint density at radius 3 is 2.29 bits per heavy atom. The van der Waals surface area contributed by atoms with E-state index >= 15 is 0 Å². The van der Waals surface area contributed by atoms with Crippen molar-refractivity contribution in [1.29, 1.82) is 0 Å². The molecule has 0 atom stereocenters. The third-order valence-electron chi connectivity index (χ3n) is 4.13. The van der Waals surface area contributed by atoms with E-state index < -0.39 is 16.0 Å². The number of rotatable bonds is 5. The number of esters is 1. The summed E-state index contributed by atoms with van der Waals surface area (Å²) in [6.07, 6.45) is 4.05. The Labute approximate surface area is 141 Å². The number of sulfonamides is 1. The molecule has 132 valence electrons. The molecule has 2 rings (SSSR count). The summed E-state index contributed by atoms with van der Waals surface area (Å²) in [6, 6.07) is 5.16. The van der Waals surface area contributed by atoms with Gasteiger partial charge in [0.25, 0.3) is 5.91 Å². The monoisotopic (exact) mass is 354 g/mol. The Balaban J connectivity index is 1.81. The van der Waals surface area contributed by atoms with Crippen LogP contribution in [0.1, 0.15) is 43.0 Å². The fourth-order valence-electron chi connectivity index (χ4n) is 2.67. The van der Waals surface area contributed by atoms with Crippen LogP contribution in [0.4, 0.5) is 0 Å². The van der Waals surface area contributed by atoms with Gasteiger partial charge in [0.05, 0.1) is 10.5 Å². The van der Waals surface area contributed by atoms with Crippen molar-refractivity contribution >= 4 is 21.9 Å². The number of ether oxygens (including phenoxy) is 1. The van der Waals surface area contributed by atoms with Gasteiger partial charge >= 0.3 is 5.97 Å². The first-order valence-corrected chi connectivity index (χ1v) is 9.39. The number of benzene rings is 1. The van der Waals surface area contributed by atoms with Crippen LogP contribution < -0.4 is 10.5 Å². The van der Waals surface area contributed by atoms with Crippen LogP contribution in [-0.2, 0) is 19.6 Å². The molecule has 1 aromatic carbocycles. The first-order chi connectivity index (χ1) is 11.3. The van der Waals surface area contributed by atoms with Crippen LogP contribution in [0.2, 0.25) is 0 Å². The van der Waals surface area contributed by atoms with Crippen molar-refractivity contribution in [2.75, 3.05) is 6.61 Å². The number of nitrogens with one attached hydrogen (secondary N) is 1. The predicted molar refractivity (Wildman–Crippen MR) is 87.7 cm³/mol. The Hall–Kier alpha value is -1.93. The van der Waals surface area contributed by atoms with Crippen molar-refractivity contribution in [3.63, 3.8) is 0 Å². The molecule has 1 fully saturated rings. The molecule has 0 aliphatic heterocycles. The second-order valence-corrected chi connectivity index (χ2v) is 7.73. The first kappa shape index (κ1) is 18.4. The minimum atomic E-state index is -3.81. The van der Waals surface area contributed by atoms with Crippen LogP contribution in [0.25, 0.3) is 0 Å². The SMILES string of the molecule is CC1CCC(NC(=O)COC(=O)c2ccc(S(N)(=O)=O)cc2)CC1. The summed E-state index contributed by atoms with van der Waals surface area (Å²) in [5.74, 6) is -0.330. The van der Waals surface area contributed by atoms with Gasteiger partial charge in [0.2, 0.25) is 10.0 Å². The maximum Gasteiger partial charge on any atom is 0.338 e. The standard InChI is InChI=1S/C16H22N2O5S/c1-11-2-6-13(7-3-11)18-15(19)10-23-16(20)12-4-8-14(9-5-12)24(17,21)22/h4-5,8-9,11,13H,2-3,6-7,10H2,1H3,(H,18,19)(H2,17,21,22). The van der Waals surface area contributed by atoms with Crippen LogP contribution in [0.3, 0.4) is 0 Å². The minimum Gasteiger partial charge on any atom is -0.452 e. The fraction of sp³-hybridized carbons (Fsp3) is 0.500. The zero-order valence-electron chi connectivity index (χ0n) is 13.5. The molecule has 0 spiro atoms. The van der Waals surface area contributed by atoms with E-state index in [1.54, 1.807) is 0 Å². The average molecular weight is 354 g/mol. The van der Waals surface area contributed by atoms with Gasteiger partial charge in [-0.1, -0.05) is 6.92 Å². The number of carbonyl (C=O) groups excluding carboxylic acids is 2. The van der Waals surface area contributed by atoms with Gasteiger partial charge in [0, 0.05) is 6.04 Å². The van der Waals surface area contributed by atoms with Gasteiger partial charge in [-0.2, -0.15) is 0 Å². The lowest BCUT2D eigenvalue weighted by Crippen LogP contribution is -2.39. The van der Waals surface area contributed by atoms with Crippen molar-refractivity contribution in [3.8, 4) is 0 Å². The van der Waals surface area contributed by atoms with E-state index in [0.717, 1.165) is 25.7 Å². The van der Waals surface area contributed by atoms with E-state index in [2.05, 4.69) is 12.2 Å². The molecule has 7 nitrogen and oxygen atoms in total. The van der Waals surface area contributed by atoms with E-state index in [1.165, 1.54) is 24.3 Å². The van der Waals surface area contributed by atoms with Crippen LogP contribution >= 0.6 is 0 Å². The molecule has 1 saturated carbocycles. The molecule has 24 heavy (non-hydrogen) atoms. The highest BCUT2D eigenvalue weighted by Gasteiger charge is 2.20. The smallest absolute Gasteiger partial charge is 0.338 e. The molecule has 3 N–H and O–H groups in total. The van der Waals surface area contributed by atoms with Crippen LogP contribution in [-0.4, -0.2) is 32.9 Å². The maximum atomic E-state index is 11.9. The van der Waals surface area contributed by atoms with E-state index in [9.17, 15) is 18.0 Å². The number of nitrogens with two attached hydrogens (primary N) is 1. The maximum absolute atomic E-state index is 11.9. The highest BCUT2D eigenvalue weighted by atomic mass is 32.2. The number of primary sulfonamides is 1. The predicted octanol–water partition coefficient (Wildman–Crippen LogP) is 1.19. The number of amides is 1. The molecule has 0 bridgehead atoms. The van der Waals surface area contributed by atoms with Gasteiger partial charge in [-0.15, -0.1) is 0 Å². The molecule has 0 aromatic heterocycles. The molecule has 0 unspecified atom stereocenters. The quantitative estimate of drug-likeness (QED) is 0.771. The van der Waals surface area contributed by atoms with Gasteiger partial charge in [0.15, 0.2) is 6.61 Å². The largest absolute Gasteiger partial charge is 0.452 e. The van der Waals surface area contributed by atoms with Crippen molar-refractivity contribution in [3.05, 3.63) is 29.8 Å². The Bertz CT molecular complexity index is 692. The Morgan fingerprint density at radius 2 is 1.75 bits per heavy atom. The lowest BCUT2D eigenvalue weighted by Gasteiger charge is -2.26. The second kappa shape index (κ2) is 7.76. The zero-order valence-corrected chi connectivity index (χ0v) is 14.3. The molecular weight excluding hydrogens is 332 g/mol.